The van der Waals surface area contributed by atoms with Crippen molar-refractivity contribution in [3.8, 4) is 0 Å². The number of nitrogen functional groups attached to an aromatic ring is 1. The van der Waals surface area contributed by atoms with Gasteiger partial charge in [0.15, 0.2) is 12.0 Å². The second-order valence-corrected chi connectivity index (χ2v) is 13.2. The largest absolute Gasteiger partial charge is 0.444 e. The maximum Gasteiger partial charge on any atom is 0.410 e. The van der Waals surface area contributed by atoms with Crippen molar-refractivity contribution < 1.29 is 23.7 Å². The van der Waals surface area contributed by atoms with Gasteiger partial charge in [0.2, 0.25) is 0 Å². The molecule has 0 bridgehead atoms. The van der Waals surface area contributed by atoms with Gasteiger partial charge in [-0.3, -0.25) is 0 Å². The number of piperidine rings is 2. The molecule has 0 radical (unpaired) electrons. The van der Waals surface area contributed by atoms with Gasteiger partial charge in [0.1, 0.15) is 41.7 Å². The van der Waals surface area contributed by atoms with E-state index in [1.54, 1.807) is 0 Å². The molecule has 11 heteroatoms. The number of carbonyl (C=O) groups excluding carboxylic acids is 1. The average molecular weight is 543 g/mol. The van der Waals surface area contributed by atoms with E-state index in [9.17, 15) is 4.79 Å². The van der Waals surface area contributed by atoms with E-state index >= 15 is 0 Å². The zero-order valence-corrected chi connectivity index (χ0v) is 23.8. The van der Waals surface area contributed by atoms with E-state index in [2.05, 4.69) is 14.9 Å². The van der Waals surface area contributed by atoms with Crippen molar-refractivity contribution in [3.63, 3.8) is 0 Å². The first kappa shape index (κ1) is 26.7. The SMILES string of the molecule is CC(C)(C)OC(=O)N1CCCC2(CCCN(C[C@H]3O[C@@H](n4ccc5c(N)ncnc54)[C@@H]4OC(C)(C)O[C@@H]43)C2)C1. The number of hydrogen-bond donors (Lipinski definition) is 1. The number of rotatable bonds is 3. The fraction of sp³-hybridized carbons (Fsp3) is 0.750. The zero-order valence-electron chi connectivity index (χ0n) is 23.8. The summed E-state index contributed by atoms with van der Waals surface area (Å²) >= 11 is 0. The molecule has 4 aliphatic rings. The van der Waals surface area contributed by atoms with Crippen LogP contribution in [0.25, 0.3) is 11.0 Å². The van der Waals surface area contributed by atoms with Crippen LogP contribution in [0.5, 0.6) is 0 Å². The number of likely N-dealkylation sites (tertiary alicyclic amines) is 2. The number of nitrogens with zero attached hydrogens (tertiary/aromatic N) is 5. The van der Waals surface area contributed by atoms with E-state index in [0.29, 0.717) is 5.82 Å². The normalized spacial score (nSPS) is 33.1. The lowest BCUT2D eigenvalue weighted by molar-refractivity contribution is -0.198. The summed E-state index contributed by atoms with van der Waals surface area (Å²) < 4.78 is 27.2. The van der Waals surface area contributed by atoms with Crippen LogP contribution in [0, 0.1) is 5.41 Å². The monoisotopic (exact) mass is 542 g/mol. The van der Waals surface area contributed by atoms with Crippen molar-refractivity contribution in [2.75, 3.05) is 38.5 Å². The Morgan fingerprint density at radius 2 is 1.87 bits per heavy atom. The Kier molecular flexibility index (Phi) is 6.56. The Bertz CT molecular complexity index is 1220. The van der Waals surface area contributed by atoms with Gasteiger partial charge >= 0.3 is 6.09 Å². The fourth-order valence-corrected chi connectivity index (χ4v) is 6.97. The van der Waals surface area contributed by atoms with Crippen molar-refractivity contribution >= 4 is 22.9 Å². The van der Waals surface area contributed by atoms with E-state index in [0.717, 1.165) is 69.4 Å². The van der Waals surface area contributed by atoms with Crippen LogP contribution in [0.1, 0.15) is 66.5 Å². The van der Waals surface area contributed by atoms with Crippen molar-refractivity contribution in [2.24, 2.45) is 5.41 Å². The maximum absolute atomic E-state index is 12.9. The van der Waals surface area contributed by atoms with E-state index < -0.39 is 11.4 Å². The van der Waals surface area contributed by atoms with Crippen LogP contribution in [-0.2, 0) is 18.9 Å². The summed E-state index contributed by atoms with van der Waals surface area (Å²) in [6.45, 7) is 13.8. The first-order valence-electron chi connectivity index (χ1n) is 14.2. The smallest absolute Gasteiger partial charge is 0.410 e. The van der Waals surface area contributed by atoms with E-state index in [1.165, 1.54) is 6.33 Å². The van der Waals surface area contributed by atoms with Gasteiger partial charge < -0.3 is 39.0 Å². The van der Waals surface area contributed by atoms with Crippen LogP contribution in [0.15, 0.2) is 18.6 Å². The molecule has 5 atom stereocenters. The Morgan fingerprint density at radius 1 is 1.13 bits per heavy atom. The lowest BCUT2D eigenvalue weighted by Gasteiger charge is -2.48. The summed E-state index contributed by atoms with van der Waals surface area (Å²) in [7, 11) is 0. The number of anilines is 1. The van der Waals surface area contributed by atoms with Crippen molar-refractivity contribution in [1.29, 1.82) is 0 Å². The number of fused-ring (bicyclic) bond motifs is 2. The average Bonchev–Trinajstić information content (AvgIpc) is 3.50. The van der Waals surface area contributed by atoms with Gasteiger partial charge in [-0.2, -0.15) is 0 Å². The van der Waals surface area contributed by atoms with Gasteiger partial charge in [0.05, 0.1) is 5.39 Å². The lowest BCUT2D eigenvalue weighted by atomic mass is 9.73. The summed E-state index contributed by atoms with van der Waals surface area (Å²) in [6.07, 6.45) is 6.51. The minimum atomic E-state index is -0.701. The maximum atomic E-state index is 12.9. The number of aromatic nitrogens is 3. The highest BCUT2D eigenvalue weighted by atomic mass is 16.8. The Morgan fingerprint density at radius 3 is 2.64 bits per heavy atom. The number of amides is 1. The lowest BCUT2D eigenvalue weighted by Crippen LogP contribution is -2.55. The van der Waals surface area contributed by atoms with Gasteiger partial charge in [0, 0.05) is 37.8 Å². The van der Waals surface area contributed by atoms with Gasteiger partial charge in [-0.05, 0) is 72.9 Å². The van der Waals surface area contributed by atoms with Gasteiger partial charge in [-0.15, -0.1) is 0 Å². The van der Waals surface area contributed by atoms with E-state index in [1.807, 2.05) is 56.3 Å². The number of nitrogens with two attached hydrogens (primary N) is 1. The number of hydrogen-bond acceptors (Lipinski definition) is 9. The third-order valence-electron chi connectivity index (χ3n) is 8.43. The molecule has 6 rings (SSSR count). The van der Waals surface area contributed by atoms with Crippen LogP contribution >= 0.6 is 0 Å². The topological polar surface area (TPSA) is 117 Å². The Hall–Kier alpha value is -2.47. The molecule has 0 aliphatic carbocycles. The highest BCUT2D eigenvalue weighted by Crippen LogP contribution is 2.45. The molecule has 0 aromatic carbocycles. The molecule has 1 unspecified atom stereocenters. The van der Waals surface area contributed by atoms with Gasteiger partial charge in [-0.25, -0.2) is 14.8 Å². The Labute approximate surface area is 229 Å². The molecule has 0 saturated carbocycles. The van der Waals surface area contributed by atoms with Gasteiger partial charge in [0.25, 0.3) is 0 Å². The number of ether oxygens (including phenoxy) is 4. The van der Waals surface area contributed by atoms with Crippen LogP contribution in [0.2, 0.25) is 0 Å². The highest BCUT2D eigenvalue weighted by Gasteiger charge is 2.56. The molecular formula is C28H42N6O5. The molecule has 4 saturated heterocycles. The summed E-state index contributed by atoms with van der Waals surface area (Å²) in [4.78, 5) is 25.9. The van der Waals surface area contributed by atoms with Crippen molar-refractivity contribution in [3.05, 3.63) is 18.6 Å². The van der Waals surface area contributed by atoms with Gasteiger partial charge in [-0.1, -0.05) is 0 Å². The molecule has 4 aliphatic heterocycles. The molecular weight excluding hydrogens is 500 g/mol. The Balaban J connectivity index is 1.18. The first-order valence-corrected chi connectivity index (χ1v) is 14.2. The molecule has 1 amide bonds. The highest BCUT2D eigenvalue weighted by molar-refractivity contribution is 5.86. The minimum Gasteiger partial charge on any atom is -0.444 e. The van der Waals surface area contributed by atoms with Crippen LogP contribution in [0.4, 0.5) is 10.6 Å². The molecule has 2 aromatic heterocycles. The minimum absolute atomic E-state index is 0.0716. The molecule has 11 nitrogen and oxygen atoms in total. The van der Waals surface area contributed by atoms with Crippen LogP contribution in [0.3, 0.4) is 0 Å². The van der Waals surface area contributed by atoms with E-state index in [-0.39, 0.29) is 36.0 Å². The predicted octanol–water partition coefficient (Wildman–Crippen LogP) is 3.54. The summed E-state index contributed by atoms with van der Waals surface area (Å²) in [6, 6.07) is 1.92. The summed E-state index contributed by atoms with van der Waals surface area (Å²) in [5.74, 6) is -0.257. The van der Waals surface area contributed by atoms with Crippen LogP contribution in [-0.4, -0.2) is 92.9 Å². The zero-order chi connectivity index (χ0) is 27.6. The first-order chi connectivity index (χ1) is 18.4. The second-order valence-electron chi connectivity index (χ2n) is 13.2. The molecule has 2 aromatic rings. The molecule has 2 N–H and O–H groups in total. The predicted molar refractivity (Wildman–Crippen MR) is 145 cm³/mol. The molecule has 1 spiro atoms. The molecule has 214 valence electrons. The quantitative estimate of drug-likeness (QED) is 0.621. The summed E-state index contributed by atoms with van der Waals surface area (Å²) in [5.41, 5.74) is 6.40. The molecule has 6 heterocycles. The van der Waals surface area contributed by atoms with Crippen molar-refractivity contribution in [1.82, 2.24) is 24.3 Å². The second kappa shape index (κ2) is 9.57. The van der Waals surface area contributed by atoms with E-state index in [4.69, 9.17) is 24.7 Å². The standard InChI is InChI=1S/C28H42N6O5/c1-26(2,3)39-25(35)33-12-7-10-28(16-33)9-6-11-32(15-28)14-19-20-21(38-27(4,5)37-20)24(36-19)34-13-8-18-22(29)30-17-31-23(18)34/h8,13,17,19-21,24H,6-7,9-12,14-16H2,1-5H3,(H2,29,30,31)/t19-,20-,21-,24-,28?/m1/s1. The number of carbonyl (C=O) groups is 1. The third-order valence-corrected chi connectivity index (χ3v) is 8.43. The third kappa shape index (κ3) is 5.21. The van der Waals surface area contributed by atoms with Crippen LogP contribution < -0.4 is 5.73 Å². The van der Waals surface area contributed by atoms with Crippen molar-refractivity contribution in [2.45, 2.75) is 96.2 Å². The molecule has 4 fully saturated rings. The molecule has 39 heavy (non-hydrogen) atoms. The fourth-order valence-electron chi connectivity index (χ4n) is 6.97. The summed E-state index contributed by atoms with van der Waals surface area (Å²) in [5, 5.41) is 0.795.